The molecule has 0 saturated heterocycles. The van der Waals surface area contributed by atoms with Gasteiger partial charge >= 0.3 is 0 Å². The van der Waals surface area contributed by atoms with Gasteiger partial charge in [0.15, 0.2) is 0 Å². The number of amides is 1. The van der Waals surface area contributed by atoms with Crippen LogP contribution in [0.2, 0.25) is 0 Å². The number of primary amides is 1. The first kappa shape index (κ1) is 9.52. The summed E-state index contributed by atoms with van der Waals surface area (Å²) in [5.74, 6) is 0.238. The van der Waals surface area contributed by atoms with Gasteiger partial charge in [-0.05, 0) is 30.6 Å². The van der Waals surface area contributed by atoms with Crippen LogP contribution in [0.25, 0.3) is 0 Å². The summed E-state index contributed by atoms with van der Waals surface area (Å²) in [6.45, 7) is 4.47. The standard InChI is InChI=1S/C9H18N2O/c1-9(2)4-6(5-9)3-7(10)8(11)12/h6-7H,3-5,10H2,1-2H3,(H2,11,12). The van der Waals surface area contributed by atoms with Crippen molar-refractivity contribution in [3.63, 3.8) is 0 Å². The van der Waals surface area contributed by atoms with Crippen molar-refractivity contribution in [3.05, 3.63) is 0 Å². The molecular weight excluding hydrogens is 152 g/mol. The SMILES string of the molecule is CC1(C)CC(CC(N)C(N)=O)C1. The van der Waals surface area contributed by atoms with Gasteiger partial charge in [0.1, 0.15) is 0 Å². The fourth-order valence-corrected chi connectivity index (χ4v) is 2.15. The molecule has 1 saturated carbocycles. The maximum Gasteiger partial charge on any atom is 0.234 e. The summed E-state index contributed by atoms with van der Waals surface area (Å²) in [4.78, 5) is 10.6. The minimum Gasteiger partial charge on any atom is -0.368 e. The van der Waals surface area contributed by atoms with Crippen molar-refractivity contribution in [1.29, 1.82) is 0 Å². The van der Waals surface area contributed by atoms with Gasteiger partial charge in [-0.3, -0.25) is 4.79 Å². The van der Waals surface area contributed by atoms with Gasteiger partial charge in [0.2, 0.25) is 5.91 Å². The second-order valence-corrected chi connectivity index (χ2v) is 4.68. The molecule has 0 aliphatic heterocycles. The van der Waals surface area contributed by atoms with E-state index in [0.717, 1.165) is 6.42 Å². The van der Waals surface area contributed by atoms with Crippen LogP contribution in [-0.4, -0.2) is 11.9 Å². The van der Waals surface area contributed by atoms with E-state index in [1.54, 1.807) is 0 Å². The lowest BCUT2D eigenvalue weighted by atomic mass is 9.63. The highest BCUT2D eigenvalue weighted by Crippen LogP contribution is 2.46. The quantitative estimate of drug-likeness (QED) is 0.652. The zero-order valence-electron chi connectivity index (χ0n) is 7.84. The van der Waals surface area contributed by atoms with Crippen molar-refractivity contribution < 1.29 is 4.79 Å². The average molecular weight is 170 g/mol. The molecule has 70 valence electrons. The van der Waals surface area contributed by atoms with Crippen LogP contribution in [0.4, 0.5) is 0 Å². The van der Waals surface area contributed by atoms with Crippen molar-refractivity contribution >= 4 is 5.91 Å². The molecule has 3 heteroatoms. The number of nitrogens with two attached hydrogens (primary N) is 2. The zero-order chi connectivity index (χ0) is 9.35. The molecule has 1 aliphatic carbocycles. The third-order valence-electron chi connectivity index (χ3n) is 2.64. The van der Waals surface area contributed by atoms with Gasteiger partial charge < -0.3 is 11.5 Å². The van der Waals surface area contributed by atoms with E-state index in [1.807, 2.05) is 0 Å². The Hall–Kier alpha value is -0.570. The van der Waals surface area contributed by atoms with Crippen LogP contribution in [0.3, 0.4) is 0 Å². The van der Waals surface area contributed by atoms with Crippen LogP contribution in [0, 0.1) is 11.3 Å². The molecule has 0 bridgehead atoms. The van der Waals surface area contributed by atoms with Crippen molar-refractivity contribution in [2.24, 2.45) is 22.8 Å². The van der Waals surface area contributed by atoms with E-state index >= 15 is 0 Å². The fourth-order valence-electron chi connectivity index (χ4n) is 2.15. The molecule has 0 aromatic carbocycles. The molecule has 1 atom stereocenters. The minimum atomic E-state index is -0.439. The molecule has 1 fully saturated rings. The first-order valence-corrected chi connectivity index (χ1v) is 4.45. The molecule has 0 aromatic heterocycles. The Balaban J connectivity index is 2.23. The van der Waals surface area contributed by atoms with Crippen LogP contribution in [-0.2, 0) is 4.79 Å². The Labute approximate surface area is 73.5 Å². The number of carbonyl (C=O) groups is 1. The monoisotopic (exact) mass is 170 g/mol. The lowest BCUT2D eigenvalue weighted by Gasteiger charge is -2.43. The highest BCUT2D eigenvalue weighted by molar-refractivity contribution is 5.79. The Morgan fingerprint density at radius 2 is 2.08 bits per heavy atom. The van der Waals surface area contributed by atoms with Gasteiger partial charge in [0.05, 0.1) is 6.04 Å². The van der Waals surface area contributed by atoms with Crippen LogP contribution in [0.5, 0.6) is 0 Å². The van der Waals surface area contributed by atoms with E-state index in [2.05, 4.69) is 13.8 Å². The van der Waals surface area contributed by atoms with Crippen molar-refractivity contribution in [3.8, 4) is 0 Å². The van der Waals surface area contributed by atoms with Crippen molar-refractivity contribution in [1.82, 2.24) is 0 Å². The highest BCUT2D eigenvalue weighted by atomic mass is 16.1. The number of carbonyl (C=O) groups excluding carboxylic acids is 1. The molecule has 12 heavy (non-hydrogen) atoms. The first-order valence-electron chi connectivity index (χ1n) is 4.45. The Morgan fingerprint density at radius 3 is 2.42 bits per heavy atom. The maximum atomic E-state index is 10.6. The summed E-state index contributed by atoms with van der Waals surface area (Å²) in [7, 11) is 0. The van der Waals surface area contributed by atoms with E-state index in [-0.39, 0.29) is 5.91 Å². The zero-order valence-corrected chi connectivity index (χ0v) is 7.84. The van der Waals surface area contributed by atoms with E-state index in [9.17, 15) is 4.79 Å². The topological polar surface area (TPSA) is 69.1 Å². The summed E-state index contributed by atoms with van der Waals surface area (Å²) in [6, 6.07) is -0.439. The van der Waals surface area contributed by atoms with Gasteiger partial charge in [-0.1, -0.05) is 13.8 Å². The largest absolute Gasteiger partial charge is 0.368 e. The molecule has 0 spiro atoms. The van der Waals surface area contributed by atoms with E-state index in [4.69, 9.17) is 11.5 Å². The normalized spacial score (nSPS) is 24.6. The van der Waals surface area contributed by atoms with Gasteiger partial charge in [-0.25, -0.2) is 0 Å². The van der Waals surface area contributed by atoms with E-state index in [1.165, 1.54) is 12.8 Å². The number of rotatable bonds is 3. The Bertz CT molecular complexity index is 181. The molecule has 1 aliphatic rings. The van der Waals surface area contributed by atoms with Crippen LogP contribution >= 0.6 is 0 Å². The number of hydrogen-bond acceptors (Lipinski definition) is 2. The maximum absolute atomic E-state index is 10.6. The molecule has 0 radical (unpaired) electrons. The molecule has 0 heterocycles. The number of hydrogen-bond donors (Lipinski definition) is 2. The average Bonchev–Trinajstić information content (AvgIpc) is 1.83. The molecule has 1 amide bonds. The molecule has 1 unspecified atom stereocenters. The van der Waals surface area contributed by atoms with Gasteiger partial charge in [0.25, 0.3) is 0 Å². The third kappa shape index (κ3) is 2.21. The lowest BCUT2D eigenvalue weighted by molar-refractivity contribution is -0.120. The minimum absolute atomic E-state index is 0.375. The smallest absolute Gasteiger partial charge is 0.234 e. The van der Waals surface area contributed by atoms with Crippen LogP contribution in [0.15, 0.2) is 0 Å². The van der Waals surface area contributed by atoms with Crippen LogP contribution < -0.4 is 11.5 Å². The second-order valence-electron chi connectivity index (χ2n) is 4.68. The summed E-state index contributed by atoms with van der Waals surface area (Å²) in [5.41, 5.74) is 11.1. The second kappa shape index (κ2) is 3.05. The Morgan fingerprint density at radius 1 is 1.58 bits per heavy atom. The first-order chi connectivity index (χ1) is 5.41. The van der Waals surface area contributed by atoms with E-state index < -0.39 is 6.04 Å². The highest BCUT2D eigenvalue weighted by Gasteiger charge is 2.37. The third-order valence-corrected chi connectivity index (χ3v) is 2.64. The van der Waals surface area contributed by atoms with Crippen LogP contribution in [0.1, 0.15) is 33.1 Å². The molecule has 1 rings (SSSR count). The fraction of sp³-hybridized carbons (Fsp3) is 0.889. The molecular formula is C9H18N2O. The predicted octanol–water partition coefficient (Wildman–Crippen LogP) is 0.625. The molecule has 4 N–H and O–H groups in total. The lowest BCUT2D eigenvalue weighted by Crippen LogP contribution is -2.42. The summed E-state index contributed by atoms with van der Waals surface area (Å²) < 4.78 is 0. The summed E-state index contributed by atoms with van der Waals surface area (Å²) >= 11 is 0. The molecule has 0 aromatic rings. The Kier molecular flexibility index (Phi) is 2.42. The summed E-state index contributed by atoms with van der Waals surface area (Å²) in [6.07, 6.45) is 3.11. The summed E-state index contributed by atoms with van der Waals surface area (Å²) in [5, 5.41) is 0. The predicted molar refractivity (Wildman–Crippen MR) is 48.3 cm³/mol. The molecule has 3 nitrogen and oxygen atoms in total. The van der Waals surface area contributed by atoms with Gasteiger partial charge in [0, 0.05) is 0 Å². The van der Waals surface area contributed by atoms with E-state index in [0.29, 0.717) is 11.3 Å². The van der Waals surface area contributed by atoms with Gasteiger partial charge in [-0.15, -0.1) is 0 Å². The van der Waals surface area contributed by atoms with Crippen molar-refractivity contribution in [2.75, 3.05) is 0 Å². The van der Waals surface area contributed by atoms with Gasteiger partial charge in [-0.2, -0.15) is 0 Å². The van der Waals surface area contributed by atoms with Crippen molar-refractivity contribution in [2.45, 2.75) is 39.2 Å².